The van der Waals surface area contributed by atoms with Crippen LogP contribution in [0, 0.1) is 11.8 Å². The molecule has 1 heterocycles. The number of esters is 1. The molecule has 0 amide bonds. The van der Waals surface area contributed by atoms with Gasteiger partial charge in [0, 0.05) is 17.8 Å². The average molecular weight is 475 g/mol. The Morgan fingerprint density at radius 1 is 1.06 bits per heavy atom. The van der Waals surface area contributed by atoms with Gasteiger partial charge < -0.3 is 14.2 Å². The molecule has 1 saturated carbocycles. The van der Waals surface area contributed by atoms with Crippen LogP contribution in [-0.4, -0.2) is 38.2 Å². The van der Waals surface area contributed by atoms with Gasteiger partial charge in [0.2, 0.25) is 0 Å². The molecule has 1 aliphatic heterocycles. The Bertz CT molecular complexity index is 1030. The summed E-state index contributed by atoms with van der Waals surface area (Å²) >= 11 is 0. The Balaban J connectivity index is 1.43. The lowest BCUT2D eigenvalue weighted by molar-refractivity contribution is -0.140. The van der Waals surface area contributed by atoms with E-state index in [0.29, 0.717) is 24.7 Å². The number of unbranched alkanes of at least 4 members (excludes halogenated alkanes) is 1. The first-order chi connectivity index (χ1) is 17.1. The summed E-state index contributed by atoms with van der Waals surface area (Å²) in [5, 5.41) is 0. The monoisotopic (exact) mass is 474 g/mol. The molecule has 184 valence electrons. The van der Waals surface area contributed by atoms with E-state index in [1.54, 1.807) is 6.08 Å². The van der Waals surface area contributed by atoms with Crippen LogP contribution in [-0.2, 0) is 24.5 Å². The second-order valence-corrected chi connectivity index (χ2v) is 9.36. The van der Waals surface area contributed by atoms with Gasteiger partial charge in [0.25, 0.3) is 0 Å². The minimum absolute atomic E-state index is 0.0212. The van der Waals surface area contributed by atoms with Gasteiger partial charge in [-0.3, -0.25) is 9.59 Å². The van der Waals surface area contributed by atoms with E-state index in [0.717, 1.165) is 25.7 Å². The maximum atomic E-state index is 12.5. The maximum Gasteiger partial charge on any atom is 0.305 e. The van der Waals surface area contributed by atoms with E-state index in [2.05, 4.69) is 36.4 Å². The van der Waals surface area contributed by atoms with Crippen LogP contribution in [0.25, 0.3) is 0 Å². The van der Waals surface area contributed by atoms with E-state index in [-0.39, 0.29) is 35.8 Å². The zero-order valence-corrected chi connectivity index (χ0v) is 20.3. The molecule has 2 aromatic carbocycles. The van der Waals surface area contributed by atoms with Crippen molar-refractivity contribution in [1.29, 1.82) is 0 Å². The molecule has 35 heavy (non-hydrogen) atoms. The molecule has 0 N–H and O–H groups in total. The van der Waals surface area contributed by atoms with Gasteiger partial charge in [-0.25, -0.2) is 0 Å². The van der Waals surface area contributed by atoms with E-state index in [1.807, 2.05) is 42.5 Å². The van der Waals surface area contributed by atoms with Gasteiger partial charge in [-0.15, -0.1) is 0 Å². The number of para-hydroxylation sites is 1. The minimum atomic E-state index is -0.169. The van der Waals surface area contributed by atoms with E-state index in [9.17, 15) is 9.59 Å². The maximum absolute atomic E-state index is 12.5. The quantitative estimate of drug-likeness (QED) is 0.177. The molecule has 5 heteroatoms. The standard InChI is InChI=1S/C30H34O5/c1-33-29(32)17-11-3-2-10-16-27-26(19-18-24(31)21-34-25-14-8-5-9-15-25)28-20-30(27,22-35-28)23-12-6-4-7-13-23/h2,4-10,12-15,18-19,26-28H,3,11,16-17,20-22H2,1H3/b10-2-,19-18+/t26-,27-,28-,30-/m1/s1. The van der Waals surface area contributed by atoms with Crippen molar-refractivity contribution < 1.29 is 23.8 Å². The Morgan fingerprint density at radius 2 is 1.80 bits per heavy atom. The van der Waals surface area contributed by atoms with E-state index in [1.165, 1.54) is 12.7 Å². The Hall–Kier alpha value is -3.18. The first-order valence-corrected chi connectivity index (χ1v) is 12.4. The zero-order valence-electron chi connectivity index (χ0n) is 20.3. The Kier molecular flexibility index (Phi) is 8.54. The number of fused-ring (bicyclic) bond motifs is 2. The number of carbonyl (C=O) groups is 2. The summed E-state index contributed by atoms with van der Waals surface area (Å²) < 4.78 is 16.6. The number of hydrogen-bond acceptors (Lipinski definition) is 5. The van der Waals surface area contributed by atoms with Crippen LogP contribution in [0.3, 0.4) is 0 Å². The summed E-state index contributed by atoms with van der Waals surface area (Å²) in [5.41, 5.74) is 1.25. The molecule has 2 fully saturated rings. The van der Waals surface area contributed by atoms with Crippen LogP contribution in [0.2, 0.25) is 0 Å². The second kappa shape index (κ2) is 12.0. The first-order valence-electron chi connectivity index (χ1n) is 12.4. The fourth-order valence-corrected chi connectivity index (χ4v) is 5.46. The van der Waals surface area contributed by atoms with Gasteiger partial charge in [0.1, 0.15) is 5.75 Å². The summed E-state index contributed by atoms with van der Waals surface area (Å²) in [7, 11) is 1.42. The number of benzene rings is 2. The van der Waals surface area contributed by atoms with Gasteiger partial charge in [-0.1, -0.05) is 66.8 Å². The van der Waals surface area contributed by atoms with Gasteiger partial charge in [0.15, 0.2) is 12.4 Å². The molecular weight excluding hydrogens is 440 g/mol. The van der Waals surface area contributed by atoms with Crippen molar-refractivity contribution in [2.24, 2.45) is 11.8 Å². The molecule has 5 nitrogen and oxygen atoms in total. The highest BCUT2D eigenvalue weighted by atomic mass is 16.5. The zero-order chi connectivity index (χ0) is 24.5. The lowest BCUT2D eigenvalue weighted by Crippen LogP contribution is -2.39. The number of allylic oxidation sites excluding steroid dienone is 2. The summed E-state index contributed by atoms with van der Waals surface area (Å²) in [6, 6.07) is 20.0. The Labute approximate surface area is 207 Å². The number of hydrogen-bond donors (Lipinski definition) is 0. The third-order valence-electron chi connectivity index (χ3n) is 7.24. The van der Waals surface area contributed by atoms with E-state index < -0.39 is 0 Å². The normalized spacial score (nSPS) is 25.3. The van der Waals surface area contributed by atoms with Gasteiger partial charge in [-0.2, -0.15) is 0 Å². The first kappa shape index (κ1) is 24.9. The highest BCUT2D eigenvalue weighted by Crippen LogP contribution is 2.56. The van der Waals surface area contributed by atoms with E-state index >= 15 is 0 Å². The lowest BCUT2D eigenvalue weighted by Gasteiger charge is -2.38. The molecule has 4 rings (SSSR count). The predicted molar refractivity (Wildman–Crippen MR) is 135 cm³/mol. The van der Waals surface area contributed by atoms with Crippen LogP contribution in [0.4, 0.5) is 0 Å². The van der Waals surface area contributed by atoms with Gasteiger partial charge >= 0.3 is 5.97 Å². The van der Waals surface area contributed by atoms with Crippen molar-refractivity contribution in [3.63, 3.8) is 0 Å². The topological polar surface area (TPSA) is 61.8 Å². The van der Waals surface area contributed by atoms with Crippen molar-refractivity contribution in [2.75, 3.05) is 20.3 Å². The second-order valence-electron chi connectivity index (χ2n) is 9.36. The largest absolute Gasteiger partial charge is 0.485 e. The van der Waals surface area contributed by atoms with Crippen molar-refractivity contribution in [1.82, 2.24) is 0 Å². The number of carbonyl (C=O) groups excluding carboxylic acids is 2. The summed E-state index contributed by atoms with van der Waals surface area (Å²) in [6.45, 7) is 0.727. The van der Waals surface area contributed by atoms with Crippen LogP contribution in [0.1, 0.15) is 37.7 Å². The van der Waals surface area contributed by atoms with E-state index in [4.69, 9.17) is 14.2 Å². The third-order valence-corrected chi connectivity index (χ3v) is 7.24. The highest BCUT2D eigenvalue weighted by molar-refractivity contribution is 5.91. The molecule has 0 aromatic heterocycles. The molecule has 0 unspecified atom stereocenters. The SMILES string of the molecule is COC(=O)CCC/C=C\C[C@@H]1[C@@H](/C=C/C(=O)COc2ccccc2)[C@H]2C[C@]1(c1ccccc1)CO2. The predicted octanol–water partition coefficient (Wildman–Crippen LogP) is 5.45. The lowest BCUT2D eigenvalue weighted by atomic mass is 9.69. The minimum Gasteiger partial charge on any atom is -0.485 e. The molecule has 2 aromatic rings. The smallest absolute Gasteiger partial charge is 0.305 e. The molecule has 2 bridgehead atoms. The summed E-state index contributed by atoms with van der Waals surface area (Å²) in [4.78, 5) is 23.9. The summed E-state index contributed by atoms with van der Waals surface area (Å²) in [5.74, 6) is 0.958. The molecule has 0 spiro atoms. The average Bonchev–Trinajstić information content (AvgIpc) is 3.47. The summed E-state index contributed by atoms with van der Waals surface area (Å²) in [6.07, 6.45) is 12.1. The van der Waals surface area contributed by atoms with Gasteiger partial charge in [-0.05, 0) is 55.4 Å². The fourth-order valence-electron chi connectivity index (χ4n) is 5.46. The number of ether oxygens (including phenoxy) is 3. The van der Waals surface area contributed by atoms with Crippen LogP contribution in [0.5, 0.6) is 5.75 Å². The fraction of sp³-hybridized carbons (Fsp3) is 0.400. The van der Waals surface area contributed by atoms with Crippen LogP contribution >= 0.6 is 0 Å². The molecular formula is C30H34O5. The van der Waals surface area contributed by atoms with Crippen molar-refractivity contribution in [3.8, 4) is 5.75 Å². The van der Waals surface area contributed by atoms with Crippen molar-refractivity contribution >= 4 is 11.8 Å². The van der Waals surface area contributed by atoms with Crippen LogP contribution < -0.4 is 4.74 Å². The number of methoxy groups -OCH3 is 1. The highest BCUT2D eigenvalue weighted by Gasteiger charge is 2.58. The number of rotatable bonds is 12. The third kappa shape index (κ3) is 6.09. The van der Waals surface area contributed by atoms with Crippen molar-refractivity contribution in [2.45, 2.75) is 43.6 Å². The Morgan fingerprint density at radius 3 is 2.54 bits per heavy atom. The van der Waals surface area contributed by atoms with Gasteiger partial charge in [0.05, 0.1) is 19.8 Å². The molecule has 4 atom stereocenters. The van der Waals surface area contributed by atoms with Crippen LogP contribution in [0.15, 0.2) is 85.0 Å². The molecule has 1 saturated heterocycles. The molecule has 1 aliphatic carbocycles. The molecule has 0 radical (unpaired) electrons. The molecule has 2 aliphatic rings. The number of ketones is 1. The van der Waals surface area contributed by atoms with Crippen molar-refractivity contribution in [3.05, 3.63) is 90.5 Å².